The number of rotatable bonds is 6. The number of hydrogen-bond donors (Lipinski definition) is 3. The molecule has 7 nitrogen and oxygen atoms in total. The third-order valence-electron chi connectivity index (χ3n) is 3.34. The van der Waals surface area contributed by atoms with Gasteiger partial charge in [-0.25, -0.2) is 9.86 Å². The molecule has 0 spiro atoms. The standard InChI is InChI=1S/C17H16F3N3O4/c18-17(19,20)12-4-2-6-14(10-12)27-13-5-1-3-11(9-13)15(24)23(26)8-7-22-16(21)25/h1-6,9-10,26H,7-8H2,(H3,21,22,25). The fraction of sp³-hybridized carbons (Fsp3) is 0.176. The largest absolute Gasteiger partial charge is 0.457 e. The number of carbonyl (C=O) groups excluding carboxylic acids is 2. The van der Waals surface area contributed by atoms with Crippen molar-refractivity contribution in [3.05, 3.63) is 59.7 Å². The molecule has 0 heterocycles. The number of hydroxylamine groups is 2. The van der Waals surface area contributed by atoms with E-state index in [0.29, 0.717) is 5.06 Å². The summed E-state index contributed by atoms with van der Waals surface area (Å²) in [5.41, 5.74) is 4.05. The van der Waals surface area contributed by atoms with E-state index in [1.54, 1.807) is 0 Å². The highest BCUT2D eigenvalue weighted by Gasteiger charge is 2.30. The lowest BCUT2D eigenvalue weighted by Crippen LogP contribution is -2.38. The number of halogens is 3. The van der Waals surface area contributed by atoms with E-state index in [0.717, 1.165) is 12.1 Å². The number of carbonyl (C=O) groups is 2. The molecule has 0 fully saturated rings. The van der Waals surface area contributed by atoms with Crippen LogP contribution in [0.3, 0.4) is 0 Å². The monoisotopic (exact) mass is 383 g/mol. The maximum absolute atomic E-state index is 12.7. The fourth-order valence-electron chi connectivity index (χ4n) is 2.10. The van der Waals surface area contributed by atoms with Crippen LogP contribution in [0.15, 0.2) is 48.5 Å². The molecule has 27 heavy (non-hydrogen) atoms. The molecule has 0 aromatic heterocycles. The molecule has 144 valence electrons. The molecule has 0 saturated carbocycles. The van der Waals surface area contributed by atoms with Gasteiger partial charge in [-0.15, -0.1) is 0 Å². The summed E-state index contributed by atoms with van der Waals surface area (Å²) in [5, 5.41) is 12.3. The van der Waals surface area contributed by atoms with Gasteiger partial charge >= 0.3 is 12.2 Å². The highest BCUT2D eigenvalue weighted by atomic mass is 19.4. The van der Waals surface area contributed by atoms with Crippen LogP contribution in [0.2, 0.25) is 0 Å². The zero-order valence-electron chi connectivity index (χ0n) is 13.9. The zero-order valence-corrected chi connectivity index (χ0v) is 13.9. The Kier molecular flexibility index (Phi) is 6.24. The lowest BCUT2D eigenvalue weighted by Gasteiger charge is -2.15. The van der Waals surface area contributed by atoms with Crippen molar-refractivity contribution in [2.75, 3.05) is 13.1 Å². The van der Waals surface area contributed by atoms with Gasteiger partial charge in [0.15, 0.2) is 0 Å². The average Bonchev–Trinajstić information content (AvgIpc) is 2.60. The molecule has 0 radical (unpaired) electrons. The summed E-state index contributed by atoms with van der Waals surface area (Å²) in [4.78, 5) is 22.7. The van der Waals surface area contributed by atoms with Crippen LogP contribution in [0.5, 0.6) is 11.5 Å². The molecule has 2 aromatic rings. The van der Waals surface area contributed by atoms with Crippen molar-refractivity contribution < 1.29 is 32.7 Å². The van der Waals surface area contributed by atoms with Crippen molar-refractivity contribution in [3.63, 3.8) is 0 Å². The van der Waals surface area contributed by atoms with Crippen LogP contribution >= 0.6 is 0 Å². The SMILES string of the molecule is NC(=O)NCCN(O)C(=O)c1cccc(Oc2cccc(C(F)(F)F)c2)c1. The molecule has 4 N–H and O–H groups in total. The summed E-state index contributed by atoms with van der Waals surface area (Å²) in [6.07, 6.45) is -4.51. The van der Waals surface area contributed by atoms with E-state index in [-0.39, 0.29) is 30.2 Å². The summed E-state index contributed by atoms with van der Waals surface area (Å²) in [7, 11) is 0. The van der Waals surface area contributed by atoms with Crippen LogP contribution in [-0.4, -0.2) is 35.3 Å². The van der Waals surface area contributed by atoms with Crippen molar-refractivity contribution >= 4 is 11.9 Å². The summed E-state index contributed by atoms with van der Waals surface area (Å²) >= 11 is 0. The molecule has 0 aliphatic carbocycles. The number of alkyl halides is 3. The van der Waals surface area contributed by atoms with E-state index in [4.69, 9.17) is 10.5 Å². The number of urea groups is 1. The Balaban J connectivity index is 2.09. The maximum Gasteiger partial charge on any atom is 0.416 e. The van der Waals surface area contributed by atoms with Crippen LogP contribution in [0.25, 0.3) is 0 Å². The maximum atomic E-state index is 12.7. The molecule has 3 amide bonds. The first kappa shape index (κ1) is 20.0. The molecular formula is C17H16F3N3O4. The summed E-state index contributed by atoms with van der Waals surface area (Å²) in [6, 6.07) is 9.07. The van der Waals surface area contributed by atoms with Gasteiger partial charge in [-0.3, -0.25) is 10.0 Å². The molecule has 2 rings (SSSR count). The number of benzene rings is 2. The first-order valence-electron chi connectivity index (χ1n) is 7.66. The van der Waals surface area contributed by atoms with Crippen LogP contribution in [0.4, 0.5) is 18.0 Å². The first-order valence-corrected chi connectivity index (χ1v) is 7.66. The van der Waals surface area contributed by atoms with E-state index in [9.17, 15) is 28.0 Å². The van der Waals surface area contributed by atoms with Gasteiger partial charge in [0.2, 0.25) is 0 Å². The van der Waals surface area contributed by atoms with Crippen molar-refractivity contribution in [3.8, 4) is 11.5 Å². The molecule has 2 aromatic carbocycles. The number of amides is 3. The third kappa shape index (κ3) is 5.89. The Labute approximate surface area is 152 Å². The normalized spacial score (nSPS) is 11.0. The number of ether oxygens (including phenoxy) is 1. The fourth-order valence-corrected chi connectivity index (χ4v) is 2.10. The molecular weight excluding hydrogens is 367 g/mol. The highest BCUT2D eigenvalue weighted by molar-refractivity contribution is 5.93. The van der Waals surface area contributed by atoms with Crippen LogP contribution in [0, 0.1) is 0 Å². The lowest BCUT2D eigenvalue weighted by molar-refractivity contribution is -0.137. The second-order valence-corrected chi connectivity index (χ2v) is 5.37. The van der Waals surface area contributed by atoms with Gasteiger partial charge in [0, 0.05) is 12.1 Å². The number of nitrogens with two attached hydrogens (primary N) is 1. The summed E-state index contributed by atoms with van der Waals surface area (Å²) < 4.78 is 43.6. The van der Waals surface area contributed by atoms with Gasteiger partial charge in [0.1, 0.15) is 11.5 Å². The summed E-state index contributed by atoms with van der Waals surface area (Å²) in [5.74, 6) is -0.722. The second kappa shape index (κ2) is 8.41. The molecule has 0 unspecified atom stereocenters. The van der Waals surface area contributed by atoms with Crippen molar-refractivity contribution in [2.24, 2.45) is 5.73 Å². The molecule has 0 bridgehead atoms. The van der Waals surface area contributed by atoms with Gasteiger partial charge in [-0.05, 0) is 36.4 Å². The highest BCUT2D eigenvalue weighted by Crippen LogP contribution is 2.32. The van der Waals surface area contributed by atoms with Crippen molar-refractivity contribution in [1.29, 1.82) is 0 Å². The van der Waals surface area contributed by atoms with Crippen LogP contribution in [-0.2, 0) is 6.18 Å². The minimum Gasteiger partial charge on any atom is -0.457 e. The Hall–Kier alpha value is -3.27. The summed E-state index contributed by atoms with van der Waals surface area (Å²) in [6.45, 7) is -0.265. The number of nitrogens with zero attached hydrogens (tertiary/aromatic N) is 1. The van der Waals surface area contributed by atoms with E-state index in [2.05, 4.69) is 5.32 Å². The van der Waals surface area contributed by atoms with Crippen molar-refractivity contribution in [2.45, 2.75) is 6.18 Å². The van der Waals surface area contributed by atoms with Gasteiger partial charge in [-0.2, -0.15) is 13.2 Å². The van der Waals surface area contributed by atoms with Gasteiger partial charge in [0.25, 0.3) is 5.91 Å². The predicted octanol–water partition coefficient (Wildman–Crippen LogP) is 3.00. The van der Waals surface area contributed by atoms with Gasteiger partial charge in [-0.1, -0.05) is 12.1 Å². The lowest BCUT2D eigenvalue weighted by atomic mass is 10.2. The Morgan fingerprint density at radius 1 is 1.11 bits per heavy atom. The molecule has 0 aliphatic heterocycles. The van der Waals surface area contributed by atoms with Crippen LogP contribution < -0.4 is 15.8 Å². The Morgan fingerprint density at radius 3 is 2.37 bits per heavy atom. The minimum absolute atomic E-state index is 0.0426. The van der Waals surface area contributed by atoms with Crippen LogP contribution in [0.1, 0.15) is 15.9 Å². The van der Waals surface area contributed by atoms with Gasteiger partial charge < -0.3 is 15.8 Å². The van der Waals surface area contributed by atoms with E-state index in [1.165, 1.54) is 36.4 Å². The number of hydrogen-bond acceptors (Lipinski definition) is 4. The quantitative estimate of drug-likeness (QED) is 0.527. The number of nitrogens with one attached hydrogen (secondary N) is 1. The van der Waals surface area contributed by atoms with Crippen molar-refractivity contribution in [1.82, 2.24) is 10.4 Å². The van der Waals surface area contributed by atoms with E-state index >= 15 is 0 Å². The zero-order chi connectivity index (χ0) is 20.0. The molecule has 0 aliphatic rings. The average molecular weight is 383 g/mol. The third-order valence-corrected chi connectivity index (χ3v) is 3.34. The second-order valence-electron chi connectivity index (χ2n) is 5.37. The Bertz CT molecular complexity index is 827. The smallest absolute Gasteiger partial charge is 0.416 e. The van der Waals surface area contributed by atoms with Gasteiger partial charge in [0.05, 0.1) is 12.1 Å². The van der Waals surface area contributed by atoms with E-state index in [1.807, 2.05) is 0 Å². The Morgan fingerprint density at radius 2 is 1.74 bits per heavy atom. The van der Waals surface area contributed by atoms with E-state index < -0.39 is 23.7 Å². The minimum atomic E-state index is -4.51. The first-order chi connectivity index (χ1) is 12.7. The molecule has 0 saturated heterocycles. The molecule has 0 atom stereocenters. The number of primary amides is 1. The topological polar surface area (TPSA) is 105 Å². The predicted molar refractivity (Wildman–Crippen MR) is 88.4 cm³/mol. The molecule has 10 heteroatoms.